The van der Waals surface area contributed by atoms with Crippen molar-refractivity contribution in [3.63, 3.8) is 0 Å². The van der Waals surface area contributed by atoms with Crippen molar-refractivity contribution in [3.8, 4) is 0 Å². The van der Waals surface area contributed by atoms with Gasteiger partial charge in [-0.05, 0) is 42.3 Å². The average molecular weight is 532 g/mol. The van der Waals surface area contributed by atoms with Crippen LogP contribution < -0.4 is 10.6 Å². The zero-order chi connectivity index (χ0) is 27.1. The number of hydrogen-bond donors (Lipinski definition) is 2. The van der Waals surface area contributed by atoms with Crippen LogP contribution in [0.2, 0.25) is 0 Å². The maximum absolute atomic E-state index is 13.0. The molecule has 0 atom stereocenters. The van der Waals surface area contributed by atoms with E-state index >= 15 is 0 Å². The van der Waals surface area contributed by atoms with Gasteiger partial charge in [0.05, 0.1) is 24.4 Å². The number of halogens is 1. The third-order valence-electron chi connectivity index (χ3n) is 5.82. The van der Waals surface area contributed by atoms with Crippen LogP contribution in [0, 0.1) is 0 Å². The van der Waals surface area contributed by atoms with Crippen molar-refractivity contribution in [2.45, 2.75) is 26.3 Å². The number of nitrogens with one attached hydrogen (secondary N) is 2. The molecule has 2 N–H and O–H groups in total. The van der Waals surface area contributed by atoms with Crippen LogP contribution in [0.25, 0.3) is 0 Å². The van der Waals surface area contributed by atoms with E-state index in [4.69, 9.17) is 16.3 Å². The second-order valence-corrected chi connectivity index (χ2v) is 8.94. The van der Waals surface area contributed by atoms with Gasteiger partial charge in [-0.1, -0.05) is 73.5 Å². The minimum atomic E-state index is -0.598. The van der Waals surface area contributed by atoms with Crippen LogP contribution in [0.4, 0.5) is 11.4 Å². The van der Waals surface area contributed by atoms with E-state index in [1.807, 2.05) is 37.3 Å². The molecule has 0 spiro atoms. The smallest absolute Gasteiger partial charge is 0.340 e. The van der Waals surface area contributed by atoms with Gasteiger partial charge in [0.1, 0.15) is 10.7 Å². The molecule has 1 aliphatic heterocycles. The molecule has 3 aromatic rings. The van der Waals surface area contributed by atoms with Gasteiger partial charge in [-0.3, -0.25) is 19.3 Å². The number of para-hydroxylation sites is 1. The van der Waals surface area contributed by atoms with Crippen molar-refractivity contribution in [3.05, 3.63) is 106 Å². The van der Waals surface area contributed by atoms with Crippen LogP contribution in [0.15, 0.2) is 89.6 Å². The molecule has 194 valence electrons. The van der Waals surface area contributed by atoms with Crippen molar-refractivity contribution >= 4 is 46.7 Å². The molecule has 8 nitrogen and oxygen atoms in total. The molecule has 4 rings (SSSR count). The number of amides is 3. The van der Waals surface area contributed by atoms with Crippen molar-refractivity contribution in [1.29, 1.82) is 0 Å². The maximum Gasteiger partial charge on any atom is 0.340 e. The summed E-state index contributed by atoms with van der Waals surface area (Å²) in [5.41, 5.74) is 1.94. The molecule has 0 unspecified atom stereocenters. The predicted octanol–water partition coefficient (Wildman–Crippen LogP) is 5.33. The van der Waals surface area contributed by atoms with Crippen LogP contribution in [-0.4, -0.2) is 35.2 Å². The summed E-state index contributed by atoms with van der Waals surface area (Å²) in [6.07, 6.45) is 1.64. The summed E-state index contributed by atoms with van der Waals surface area (Å²) in [6, 6.07) is 22.1. The lowest BCUT2D eigenvalue weighted by Crippen LogP contribution is -2.31. The summed E-state index contributed by atoms with van der Waals surface area (Å²) < 4.78 is 5.28. The number of carbonyl (C=O) groups excluding carboxylic acids is 4. The van der Waals surface area contributed by atoms with Gasteiger partial charge in [-0.25, -0.2) is 4.79 Å². The quantitative estimate of drug-likeness (QED) is 0.208. The molecule has 1 heterocycles. The predicted molar refractivity (Wildman–Crippen MR) is 145 cm³/mol. The molecule has 0 saturated heterocycles. The van der Waals surface area contributed by atoms with Gasteiger partial charge in [0.25, 0.3) is 17.7 Å². The number of carbonyl (C=O) groups is 4. The Hall–Kier alpha value is -4.43. The van der Waals surface area contributed by atoms with E-state index in [1.54, 1.807) is 42.5 Å². The van der Waals surface area contributed by atoms with E-state index < -0.39 is 23.7 Å². The molecule has 3 aromatic carbocycles. The molecule has 0 saturated carbocycles. The largest absolute Gasteiger partial charge is 0.462 e. The SMILES string of the molecule is CCCCOC(=O)c1ccccc1NC(=O)c1cccc(NC2=C(Cl)C(=O)N(Cc3ccccc3)C2=O)c1. The summed E-state index contributed by atoms with van der Waals surface area (Å²) >= 11 is 6.22. The summed E-state index contributed by atoms with van der Waals surface area (Å²) in [4.78, 5) is 52.2. The summed E-state index contributed by atoms with van der Waals surface area (Å²) in [7, 11) is 0. The average Bonchev–Trinajstić information content (AvgIpc) is 3.12. The highest BCUT2D eigenvalue weighted by atomic mass is 35.5. The molecule has 0 aromatic heterocycles. The Morgan fingerprint density at radius 1 is 0.921 bits per heavy atom. The fourth-order valence-electron chi connectivity index (χ4n) is 3.80. The fraction of sp³-hybridized carbons (Fsp3) is 0.172. The lowest BCUT2D eigenvalue weighted by Gasteiger charge is -2.15. The van der Waals surface area contributed by atoms with Gasteiger partial charge < -0.3 is 15.4 Å². The number of anilines is 2. The second-order valence-electron chi connectivity index (χ2n) is 8.57. The highest BCUT2D eigenvalue weighted by molar-refractivity contribution is 6.48. The summed E-state index contributed by atoms with van der Waals surface area (Å²) in [5, 5.41) is 5.40. The van der Waals surface area contributed by atoms with Gasteiger partial charge in [-0.15, -0.1) is 0 Å². The van der Waals surface area contributed by atoms with E-state index in [-0.39, 0.29) is 28.4 Å². The monoisotopic (exact) mass is 531 g/mol. The minimum Gasteiger partial charge on any atom is -0.462 e. The summed E-state index contributed by atoms with van der Waals surface area (Å²) in [5.74, 6) is -2.15. The first-order valence-corrected chi connectivity index (χ1v) is 12.5. The van der Waals surface area contributed by atoms with Crippen molar-refractivity contribution < 1.29 is 23.9 Å². The molecule has 0 fully saturated rings. The number of ether oxygens (including phenoxy) is 1. The van der Waals surface area contributed by atoms with Crippen LogP contribution >= 0.6 is 11.6 Å². The van der Waals surface area contributed by atoms with Gasteiger partial charge >= 0.3 is 5.97 Å². The highest BCUT2D eigenvalue weighted by Gasteiger charge is 2.37. The highest BCUT2D eigenvalue weighted by Crippen LogP contribution is 2.27. The number of imide groups is 1. The molecule has 0 radical (unpaired) electrons. The second kappa shape index (κ2) is 12.2. The van der Waals surface area contributed by atoms with Gasteiger partial charge in [-0.2, -0.15) is 0 Å². The molecule has 0 bridgehead atoms. The van der Waals surface area contributed by atoms with Crippen molar-refractivity contribution in [2.75, 3.05) is 17.2 Å². The Bertz CT molecular complexity index is 1400. The maximum atomic E-state index is 13.0. The number of rotatable bonds is 10. The van der Waals surface area contributed by atoms with E-state index in [0.29, 0.717) is 18.0 Å². The number of nitrogens with zero attached hydrogens (tertiary/aromatic N) is 1. The van der Waals surface area contributed by atoms with Gasteiger partial charge in [0.2, 0.25) is 0 Å². The Morgan fingerprint density at radius 2 is 1.66 bits per heavy atom. The number of esters is 1. The van der Waals surface area contributed by atoms with E-state index in [0.717, 1.165) is 23.3 Å². The lowest BCUT2D eigenvalue weighted by atomic mass is 10.1. The van der Waals surface area contributed by atoms with Crippen LogP contribution in [-0.2, 0) is 20.9 Å². The molecule has 0 aliphatic carbocycles. The van der Waals surface area contributed by atoms with Crippen LogP contribution in [0.3, 0.4) is 0 Å². The van der Waals surface area contributed by atoms with Gasteiger partial charge in [0.15, 0.2) is 0 Å². The van der Waals surface area contributed by atoms with E-state index in [1.165, 1.54) is 6.07 Å². The van der Waals surface area contributed by atoms with Gasteiger partial charge in [0, 0.05) is 11.3 Å². The molecule has 38 heavy (non-hydrogen) atoms. The van der Waals surface area contributed by atoms with Crippen LogP contribution in [0.1, 0.15) is 46.0 Å². The molecular formula is C29H26ClN3O5. The Balaban J connectivity index is 1.47. The third-order valence-corrected chi connectivity index (χ3v) is 6.17. The zero-order valence-corrected chi connectivity index (χ0v) is 21.5. The lowest BCUT2D eigenvalue weighted by molar-refractivity contribution is -0.138. The minimum absolute atomic E-state index is 0.0645. The number of benzene rings is 3. The first kappa shape index (κ1) is 26.6. The topological polar surface area (TPSA) is 105 Å². The van der Waals surface area contributed by atoms with E-state index in [9.17, 15) is 19.2 Å². The molecular weight excluding hydrogens is 506 g/mol. The Kier molecular flexibility index (Phi) is 8.55. The third kappa shape index (κ3) is 6.10. The van der Waals surface area contributed by atoms with Crippen molar-refractivity contribution in [2.24, 2.45) is 0 Å². The normalized spacial score (nSPS) is 13.1. The standard InChI is InChI=1S/C29H26ClN3O5/c1-2-3-16-38-29(37)22-14-7-8-15-23(22)32-26(34)20-12-9-13-21(17-20)31-25-24(30)27(35)33(28(25)36)18-19-10-5-4-6-11-19/h4-15,17,31H,2-3,16,18H2,1H3,(H,32,34). The number of unbranched alkanes of at least 4 members (excludes halogenated alkanes) is 1. The molecule has 3 amide bonds. The Morgan fingerprint density at radius 3 is 2.42 bits per heavy atom. The zero-order valence-electron chi connectivity index (χ0n) is 20.7. The number of hydrogen-bond acceptors (Lipinski definition) is 6. The molecule has 1 aliphatic rings. The van der Waals surface area contributed by atoms with Crippen molar-refractivity contribution in [1.82, 2.24) is 4.90 Å². The summed E-state index contributed by atoms with van der Waals surface area (Å²) in [6.45, 7) is 2.38. The molecule has 9 heteroatoms. The van der Waals surface area contributed by atoms with E-state index in [2.05, 4.69) is 10.6 Å². The fourth-order valence-corrected chi connectivity index (χ4v) is 4.03. The first-order chi connectivity index (χ1) is 18.4. The van der Waals surface area contributed by atoms with Crippen LogP contribution in [0.5, 0.6) is 0 Å². The first-order valence-electron chi connectivity index (χ1n) is 12.1. The Labute approximate surface area is 225 Å².